The predicted molar refractivity (Wildman–Crippen MR) is 71.2 cm³/mol. The molecule has 1 aliphatic rings. The molecular formula is C13H17NO3S. The van der Waals surface area contributed by atoms with Crippen molar-refractivity contribution in [3.8, 4) is 5.75 Å². The van der Waals surface area contributed by atoms with Crippen LogP contribution in [0.5, 0.6) is 5.75 Å². The molecule has 1 fully saturated rings. The normalized spacial score (nSPS) is 23.6. The van der Waals surface area contributed by atoms with Crippen LogP contribution in [0.1, 0.15) is 28.8 Å². The monoisotopic (exact) mass is 267 g/mol. The van der Waals surface area contributed by atoms with Crippen molar-refractivity contribution in [1.29, 1.82) is 0 Å². The summed E-state index contributed by atoms with van der Waals surface area (Å²) in [4.78, 5) is 12.1. The van der Waals surface area contributed by atoms with E-state index in [1.165, 1.54) is 0 Å². The van der Waals surface area contributed by atoms with Gasteiger partial charge in [0.15, 0.2) is 0 Å². The lowest BCUT2D eigenvalue weighted by molar-refractivity contribution is 0.0933. The van der Waals surface area contributed by atoms with Crippen molar-refractivity contribution in [2.24, 2.45) is 0 Å². The highest BCUT2D eigenvalue weighted by molar-refractivity contribution is 7.85. The van der Waals surface area contributed by atoms with Crippen LogP contribution in [0.2, 0.25) is 0 Å². The molecule has 1 aromatic rings. The Kier molecular flexibility index (Phi) is 4.01. The fourth-order valence-corrected chi connectivity index (χ4v) is 3.37. The fraction of sp³-hybridized carbons (Fsp3) is 0.462. The minimum atomic E-state index is -0.720. The minimum absolute atomic E-state index is 0.0944. The standard InChI is InChI=1S/C13H17NO3S/c1-9-11(3-2-4-12(9)15)13(16)14-10-5-7-18(17)8-6-10/h2-4,10,15H,5-8H2,1H3,(H,14,16). The lowest BCUT2D eigenvalue weighted by atomic mass is 10.1. The first-order valence-electron chi connectivity index (χ1n) is 6.02. The molecule has 0 aliphatic carbocycles. The van der Waals surface area contributed by atoms with Gasteiger partial charge in [-0.2, -0.15) is 0 Å². The Hall–Kier alpha value is -1.36. The second kappa shape index (κ2) is 5.52. The zero-order valence-corrected chi connectivity index (χ0v) is 11.1. The number of carbonyl (C=O) groups excluding carboxylic acids is 1. The highest BCUT2D eigenvalue weighted by atomic mass is 32.2. The van der Waals surface area contributed by atoms with Gasteiger partial charge in [-0.05, 0) is 31.9 Å². The van der Waals surface area contributed by atoms with Crippen LogP contribution in [0.25, 0.3) is 0 Å². The zero-order chi connectivity index (χ0) is 13.1. The number of rotatable bonds is 2. The molecule has 0 aromatic heterocycles. The van der Waals surface area contributed by atoms with Gasteiger partial charge in [0.1, 0.15) is 5.75 Å². The molecule has 1 aromatic carbocycles. The largest absolute Gasteiger partial charge is 0.508 e. The molecule has 1 saturated heterocycles. The van der Waals surface area contributed by atoms with Gasteiger partial charge in [-0.25, -0.2) is 0 Å². The van der Waals surface area contributed by atoms with Crippen LogP contribution in [0.15, 0.2) is 18.2 Å². The van der Waals surface area contributed by atoms with Crippen LogP contribution in [0.4, 0.5) is 0 Å². The molecule has 1 aliphatic heterocycles. The molecule has 1 heterocycles. The van der Waals surface area contributed by atoms with E-state index < -0.39 is 10.8 Å². The first kappa shape index (κ1) is 13.1. The summed E-state index contributed by atoms with van der Waals surface area (Å²) in [6.07, 6.45) is 1.52. The van der Waals surface area contributed by atoms with Crippen LogP contribution in [-0.4, -0.2) is 32.8 Å². The summed E-state index contributed by atoms with van der Waals surface area (Å²) in [6, 6.07) is 5.02. The number of carbonyl (C=O) groups is 1. The van der Waals surface area contributed by atoms with Crippen molar-refractivity contribution in [1.82, 2.24) is 5.32 Å². The van der Waals surface area contributed by atoms with Crippen LogP contribution < -0.4 is 5.32 Å². The van der Waals surface area contributed by atoms with Gasteiger partial charge in [0, 0.05) is 39.5 Å². The molecule has 0 bridgehead atoms. The Balaban J connectivity index is 2.03. The van der Waals surface area contributed by atoms with E-state index in [9.17, 15) is 14.1 Å². The van der Waals surface area contributed by atoms with Gasteiger partial charge in [0.2, 0.25) is 0 Å². The molecule has 0 saturated carbocycles. The van der Waals surface area contributed by atoms with Gasteiger partial charge in [-0.3, -0.25) is 9.00 Å². The average molecular weight is 267 g/mol. The molecule has 0 unspecified atom stereocenters. The van der Waals surface area contributed by atoms with Crippen LogP contribution in [-0.2, 0) is 10.8 Å². The summed E-state index contributed by atoms with van der Waals surface area (Å²) in [5.41, 5.74) is 1.09. The molecular weight excluding hydrogens is 250 g/mol. The van der Waals surface area contributed by atoms with Gasteiger partial charge in [-0.1, -0.05) is 6.07 Å². The molecule has 1 amide bonds. The van der Waals surface area contributed by atoms with Gasteiger partial charge < -0.3 is 10.4 Å². The van der Waals surface area contributed by atoms with E-state index in [0.29, 0.717) is 22.6 Å². The molecule has 5 heteroatoms. The van der Waals surface area contributed by atoms with E-state index in [-0.39, 0.29) is 17.7 Å². The minimum Gasteiger partial charge on any atom is -0.508 e. The van der Waals surface area contributed by atoms with E-state index in [4.69, 9.17) is 0 Å². The van der Waals surface area contributed by atoms with Crippen molar-refractivity contribution in [3.05, 3.63) is 29.3 Å². The smallest absolute Gasteiger partial charge is 0.251 e. The number of phenols is 1. The molecule has 0 radical (unpaired) electrons. The maximum Gasteiger partial charge on any atom is 0.251 e. The highest BCUT2D eigenvalue weighted by Gasteiger charge is 2.21. The fourth-order valence-electron chi connectivity index (χ4n) is 2.07. The van der Waals surface area contributed by atoms with Crippen molar-refractivity contribution in [3.63, 3.8) is 0 Å². The van der Waals surface area contributed by atoms with Gasteiger partial charge in [0.25, 0.3) is 5.91 Å². The quantitative estimate of drug-likeness (QED) is 0.850. The predicted octanol–water partition coefficient (Wildman–Crippen LogP) is 1.34. The third-order valence-corrected chi connectivity index (χ3v) is 4.66. The van der Waals surface area contributed by atoms with Gasteiger partial charge in [0.05, 0.1) is 0 Å². The van der Waals surface area contributed by atoms with E-state index in [1.807, 2.05) is 0 Å². The molecule has 18 heavy (non-hydrogen) atoms. The van der Waals surface area contributed by atoms with Crippen molar-refractivity contribution in [2.45, 2.75) is 25.8 Å². The second-order valence-electron chi connectivity index (χ2n) is 4.55. The summed E-state index contributed by atoms with van der Waals surface area (Å²) in [5, 5.41) is 12.5. The lowest BCUT2D eigenvalue weighted by Crippen LogP contribution is -2.39. The number of nitrogens with one attached hydrogen (secondary N) is 1. The summed E-state index contributed by atoms with van der Waals surface area (Å²) in [7, 11) is -0.720. The summed E-state index contributed by atoms with van der Waals surface area (Å²) < 4.78 is 11.2. The number of hydrogen-bond donors (Lipinski definition) is 2. The van der Waals surface area contributed by atoms with Crippen molar-refractivity contribution < 1.29 is 14.1 Å². The Labute approximate surface area is 109 Å². The first-order valence-corrected chi connectivity index (χ1v) is 7.51. The Morgan fingerprint density at radius 3 is 2.72 bits per heavy atom. The number of phenolic OH excluding ortho intramolecular Hbond substituents is 1. The molecule has 0 atom stereocenters. The summed E-state index contributed by atoms with van der Waals surface area (Å²) in [6.45, 7) is 1.72. The van der Waals surface area contributed by atoms with Gasteiger partial charge >= 0.3 is 0 Å². The van der Waals surface area contributed by atoms with Crippen molar-refractivity contribution >= 4 is 16.7 Å². The maximum atomic E-state index is 12.1. The van der Waals surface area contributed by atoms with Crippen LogP contribution >= 0.6 is 0 Å². The third-order valence-electron chi connectivity index (χ3n) is 3.27. The molecule has 2 rings (SSSR count). The molecule has 98 valence electrons. The number of amides is 1. The summed E-state index contributed by atoms with van der Waals surface area (Å²) in [5.74, 6) is 1.28. The SMILES string of the molecule is Cc1c(O)cccc1C(=O)NC1CCS(=O)CC1. The van der Waals surface area contributed by atoms with Crippen LogP contribution in [0, 0.1) is 6.92 Å². The van der Waals surface area contributed by atoms with E-state index in [0.717, 1.165) is 12.8 Å². The summed E-state index contributed by atoms with van der Waals surface area (Å²) >= 11 is 0. The lowest BCUT2D eigenvalue weighted by Gasteiger charge is -2.23. The Bertz CT molecular complexity index is 477. The van der Waals surface area contributed by atoms with E-state index >= 15 is 0 Å². The first-order chi connectivity index (χ1) is 8.58. The molecule has 2 N–H and O–H groups in total. The topological polar surface area (TPSA) is 66.4 Å². The second-order valence-corrected chi connectivity index (χ2v) is 6.24. The number of aromatic hydroxyl groups is 1. The zero-order valence-electron chi connectivity index (χ0n) is 10.3. The average Bonchev–Trinajstić information content (AvgIpc) is 2.35. The Morgan fingerprint density at radius 1 is 1.39 bits per heavy atom. The van der Waals surface area contributed by atoms with Crippen LogP contribution in [0.3, 0.4) is 0 Å². The maximum absolute atomic E-state index is 12.1. The third kappa shape index (κ3) is 2.90. The van der Waals surface area contributed by atoms with E-state index in [2.05, 4.69) is 5.32 Å². The van der Waals surface area contributed by atoms with E-state index in [1.54, 1.807) is 25.1 Å². The van der Waals surface area contributed by atoms with Gasteiger partial charge in [-0.15, -0.1) is 0 Å². The molecule has 0 spiro atoms. The van der Waals surface area contributed by atoms with Crippen molar-refractivity contribution in [2.75, 3.05) is 11.5 Å². The molecule has 4 nitrogen and oxygen atoms in total. The Morgan fingerprint density at radius 2 is 2.06 bits per heavy atom. The highest BCUT2D eigenvalue weighted by Crippen LogP contribution is 2.20. The number of hydrogen-bond acceptors (Lipinski definition) is 3. The number of benzene rings is 1.